The van der Waals surface area contributed by atoms with E-state index in [9.17, 15) is 24.1 Å². The number of carbonyl (C=O) groups is 2. The molecule has 10 heteroatoms. The first-order valence-electron chi connectivity index (χ1n) is 8.73. The fourth-order valence-corrected chi connectivity index (χ4v) is 2.77. The van der Waals surface area contributed by atoms with Crippen molar-refractivity contribution >= 4 is 34.8 Å². The van der Waals surface area contributed by atoms with Gasteiger partial charge < -0.3 is 15.2 Å². The molecule has 2 N–H and O–H groups in total. The molecule has 3 rings (SSSR count). The van der Waals surface area contributed by atoms with Crippen LogP contribution in [0.15, 0.2) is 53.2 Å². The molecule has 0 saturated carbocycles. The van der Waals surface area contributed by atoms with E-state index >= 15 is 0 Å². The first-order valence-corrected chi connectivity index (χ1v) is 8.73. The van der Waals surface area contributed by atoms with E-state index in [-0.39, 0.29) is 28.7 Å². The van der Waals surface area contributed by atoms with Crippen LogP contribution in [0.3, 0.4) is 0 Å². The lowest BCUT2D eigenvalue weighted by Gasteiger charge is -2.11. The number of carbonyl (C=O) groups excluding carboxylic acids is 1. The van der Waals surface area contributed by atoms with Gasteiger partial charge in [0.15, 0.2) is 0 Å². The standard InChI is InChI=1S/C20H16FN3O6/c1-10(12-3-6-14(7-4-12)24(28)29)17-18(25)23-20(30-17)22-13-5-8-15(16(21)9-13)11(2)19(26)27/h3-9,11H,1-2H3,(H,26,27)(H,22,23,25). The van der Waals surface area contributed by atoms with Gasteiger partial charge in [-0.2, -0.15) is 4.99 Å². The number of halogens is 1. The van der Waals surface area contributed by atoms with Gasteiger partial charge in [-0.15, -0.1) is 0 Å². The molecule has 1 heterocycles. The summed E-state index contributed by atoms with van der Waals surface area (Å²) in [6.07, 6.45) is 0. The van der Waals surface area contributed by atoms with E-state index in [0.29, 0.717) is 11.1 Å². The monoisotopic (exact) mass is 413 g/mol. The minimum atomic E-state index is -1.15. The first kappa shape index (κ1) is 20.6. The fourth-order valence-electron chi connectivity index (χ4n) is 2.77. The third-order valence-electron chi connectivity index (χ3n) is 4.54. The molecule has 2 aromatic carbocycles. The Hall–Kier alpha value is -4.08. The molecule has 0 bridgehead atoms. The zero-order valence-electron chi connectivity index (χ0n) is 15.9. The highest BCUT2D eigenvalue weighted by Crippen LogP contribution is 2.27. The van der Waals surface area contributed by atoms with Gasteiger partial charge in [0, 0.05) is 29.0 Å². The van der Waals surface area contributed by atoms with E-state index in [0.717, 1.165) is 6.07 Å². The van der Waals surface area contributed by atoms with Crippen molar-refractivity contribution in [3.05, 3.63) is 75.3 Å². The van der Waals surface area contributed by atoms with E-state index in [1.807, 2.05) is 0 Å². The number of hydrogen-bond acceptors (Lipinski definition) is 6. The third kappa shape index (κ3) is 4.17. The molecule has 0 fully saturated rings. The topological polar surface area (TPSA) is 131 Å². The normalized spacial score (nSPS) is 15.8. The number of amides is 1. The van der Waals surface area contributed by atoms with Gasteiger partial charge in [0.2, 0.25) is 5.76 Å². The Morgan fingerprint density at radius 3 is 2.50 bits per heavy atom. The van der Waals surface area contributed by atoms with Gasteiger partial charge in [-0.05, 0) is 43.7 Å². The number of carboxylic acid groups (broad SMARTS) is 1. The van der Waals surface area contributed by atoms with Gasteiger partial charge in [0.25, 0.3) is 5.69 Å². The average molecular weight is 413 g/mol. The number of carboxylic acids is 1. The Kier molecular flexibility index (Phi) is 5.58. The summed E-state index contributed by atoms with van der Waals surface area (Å²) in [6.45, 7) is 2.98. The molecule has 2 aromatic rings. The molecule has 0 aliphatic carbocycles. The molecule has 1 atom stereocenters. The van der Waals surface area contributed by atoms with E-state index in [1.54, 1.807) is 6.92 Å². The number of allylic oxidation sites excluding steroid dienone is 1. The van der Waals surface area contributed by atoms with Crippen LogP contribution in [0.2, 0.25) is 0 Å². The Morgan fingerprint density at radius 1 is 1.27 bits per heavy atom. The zero-order valence-corrected chi connectivity index (χ0v) is 15.9. The summed E-state index contributed by atoms with van der Waals surface area (Å²) in [4.78, 5) is 37.2. The van der Waals surface area contributed by atoms with Crippen LogP contribution in [0.1, 0.15) is 30.9 Å². The van der Waals surface area contributed by atoms with E-state index in [2.05, 4.69) is 10.3 Å². The van der Waals surface area contributed by atoms with E-state index < -0.39 is 28.5 Å². The third-order valence-corrected chi connectivity index (χ3v) is 4.54. The van der Waals surface area contributed by atoms with Crippen LogP contribution in [-0.4, -0.2) is 27.9 Å². The molecular weight excluding hydrogens is 397 g/mol. The van der Waals surface area contributed by atoms with Gasteiger partial charge >= 0.3 is 17.9 Å². The predicted octanol–water partition coefficient (Wildman–Crippen LogP) is 3.68. The molecule has 0 spiro atoms. The summed E-state index contributed by atoms with van der Waals surface area (Å²) in [7, 11) is 0. The number of ether oxygens (including phenoxy) is 1. The van der Waals surface area contributed by atoms with Crippen molar-refractivity contribution in [1.29, 1.82) is 0 Å². The second-order valence-electron chi connectivity index (χ2n) is 6.50. The summed E-state index contributed by atoms with van der Waals surface area (Å²) < 4.78 is 19.7. The lowest BCUT2D eigenvalue weighted by atomic mass is 10.0. The number of nitrogens with zero attached hydrogens (tertiary/aromatic N) is 2. The minimum absolute atomic E-state index is 0.0213. The summed E-state index contributed by atoms with van der Waals surface area (Å²) in [6, 6.07) is 9.26. The van der Waals surface area contributed by atoms with Crippen LogP contribution in [0.4, 0.5) is 15.8 Å². The highest BCUT2D eigenvalue weighted by Gasteiger charge is 2.26. The summed E-state index contributed by atoms with van der Waals surface area (Å²) in [5, 5.41) is 22.4. The molecule has 1 unspecified atom stereocenters. The summed E-state index contributed by atoms with van der Waals surface area (Å²) >= 11 is 0. The predicted molar refractivity (Wildman–Crippen MR) is 105 cm³/mol. The van der Waals surface area contributed by atoms with E-state index in [1.165, 1.54) is 43.3 Å². The lowest BCUT2D eigenvalue weighted by Crippen LogP contribution is -2.13. The van der Waals surface area contributed by atoms with Crippen LogP contribution in [0.25, 0.3) is 5.57 Å². The second-order valence-corrected chi connectivity index (χ2v) is 6.50. The van der Waals surface area contributed by atoms with Gasteiger partial charge in [-0.1, -0.05) is 6.07 Å². The van der Waals surface area contributed by atoms with Crippen LogP contribution in [-0.2, 0) is 14.3 Å². The molecule has 9 nitrogen and oxygen atoms in total. The number of rotatable bonds is 5. The highest BCUT2D eigenvalue weighted by atomic mass is 19.1. The number of benzene rings is 2. The highest BCUT2D eigenvalue weighted by molar-refractivity contribution is 6.13. The SMILES string of the molecule is CC(=C1OC(Nc2ccc(C(C)C(=O)O)c(F)c2)=NC1=O)c1ccc([N+](=O)[O-])cc1. The van der Waals surface area contributed by atoms with Crippen molar-refractivity contribution in [2.75, 3.05) is 5.32 Å². The number of non-ortho nitro benzene ring substituents is 1. The van der Waals surface area contributed by atoms with Crippen LogP contribution >= 0.6 is 0 Å². The van der Waals surface area contributed by atoms with Crippen molar-refractivity contribution in [3.63, 3.8) is 0 Å². The summed E-state index contributed by atoms with van der Waals surface area (Å²) in [5.41, 5.74) is 1.12. The number of aliphatic imine (C=N–C) groups is 1. The zero-order chi connectivity index (χ0) is 22.0. The number of anilines is 1. The average Bonchev–Trinajstić information content (AvgIpc) is 3.07. The molecule has 1 aliphatic rings. The van der Waals surface area contributed by atoms with Crippen LogP contribution in [0, 0.1) is 15.9 Å². The maximum Gasteiger partial charge on any atom is 0.317 e. The number of nitro groups is 1. The second kappa shape index (κ2) is 8.11. The molecule has 1 amide bonds. The van der Waals surface area contributed by atoms with Gasteiger partial charge in [0.1, 0.15) is 5.82 Å². The van der Waals surface area contributed by atoms with Gasteiger partial charge in [-0.25, -0.2) is 4.39 Å². The number of aliphatic carboxylic acids is 1. The molecular formula is C20H16FN3O6. The molecule has 154 valence electrons. The van der Waals surface area contributed by atoms with Crippen molar-refractivity contribution < 1.29 is 28.7 Å². The van der Waals surface area contributed by atoms with Crippen molar-refractivity contribution in [1.82, 2.24) is 0 Å². The Labute approximate surface area is 169 Å². The quantitative estimate of drug-likeness (QED) is 0.434. The number of hydrogen-bond donors (Lipinski definition) is 2. The number of nitro benzene ring substituents is 1. The fraction of sp³-hybridized carbons (Fsp3) is 0.150. The molecule has 0 aromatic heterocycles. The van der Waals surface area contributed by atoms with Gasteiger partial charge in [0.05, 0.1) is 10.8 Å². The minimum Gasteiger partial charge on any atom is -0.481 e. The largest absolute Gasteiger partial charge is 0.481 e. The van der Waals surface area contributed by atoms with Crippen LogP contribution in [0.5, 0.6) is 0 Å². The Balaban J connectivity index is 1.77. The first-order chi connectivity index (χ1) is 14.2. The number of nitrogens with one attached hydrogen (secondary N) is 1. The maximum absolute atomic E-state index is 14.2. The van der Waals surface area contributed by atoms with Crippen molar-refractivity contribution in [2.24, 2.45) is 4.99 Å². The summed E-state index contributed by atoms with van der Waals surface area (Å²) in [5.74, 6) is -3.62. The maximum atomic E-state index is 14.2. The number of amidine groups is 1. The molecule has 1 aliphatic heterocycles. The smallest absolute Gasteiger partial charge is 0.317 e. The van der Waals surface area contributed by atoms with Crippen molar-refractivity contribution in [3.8, 4) is 0 Å². The van der Waals surface area contributed by atoms with Crippen molar-refractivity contribution in [2.45, 2.75) is 19.8 Å². The van der Waals surface area contributed by atoms with Gasteiger partial charge in [-0.3, -0.25) is 19.7 Å². The van der Waals surface area contributed by atoms with Crippen LogP contribution < -0.4 is 5.32 Å². The lowest BCUT2D eigenvalue weighted by molar-refractivity contribution is -0.384. The Morgan fingerprint density at radius 2 is 1.93 bits per heavy atom. The van der Waals surface area contributed by atoms with E-state index in [4.69, 9.17) is 9.84 Å². The molecule has 30 heavy (non-hydrogen) atoms. The Bertz CT molecular complexity index is 1110. The molecule has 0 radical (unpaired) electrons. The molecule has 0 saturated heterocycles.